The highest BCUT2D eigenvalue weighted by atomic mass is 32.2. The SMILES string of the molecule is Cc1csc(C(=O)O)c1S(=O)(=O)NC1CCCC1(C)C. The fourth-order valence-electron chi connectivity index (χ4n) is 2.71. The first-order valence-electron chi connectivity index (χ1n) is 6.49. The van der Waals surface area contributed by atoms with Crippen molar-refractivity contribution in [3.05, 3.63) is 15.8 Å². The molecule has 1 aliphatic carbocycles. The molecule has 1 aliphatic rings. The van der Waals surface area contributed by atoms with Gasteiger partial charge >= 0.3 is 5.97 Å². The lowest BCUT2D eigenvalue weighted by atomic mass is 9.88. The highest BCUT2D eigenvalue weighted by molar-refractivity contribution is 7.89. The molecule has 1 atom stereocenters. The van der Waals surface area contributed by atoms with Crippen LogP contribution in [0.15, 0.2) is 10.3 Å². The lowest BCUT2D eigenvalue weighted by Crippen LogP contribution is -2.41. The van der Waals surface area contributed by atoms with Gasteiger partial charge in [0.2, 0.25) is 10.0 Å². The molecule has 1 fully saturated rings. The van der Waals surface area contributed by atoms with Crippen LogP contribution in [0.5, 0.6) is 0 Å². The number of hydrogen-bond acceptors (Lipinski definition) is 4. The number of sulfonamides is 1. The van der Waals surface area contributed by atoms with Crippen molar-refractivity contribution in [1.29, 1.82) is 0 Å². The molecule has 0 spiro atoms. The summed E-state index contributed by atoms with van der Waals surface area (Å²) in [5.74, 6) is -1.20. The second-order valence-electron chi connectivity index (χ2n) is 5.94. The maximum atomic E-state index is 12.5. The number of carboxylic acid groups (broad SMARTS) is 1. The minimum atomic E-state index is -3.80. The Morgan fingerprint density at radius 1 is 1.50 bits per heavy atom. The van der Waals surface area contributed by atoms with Crippen molar-refractivity contribution in [2.24, 2.45) is 5.41 Å². The molecule has 0 bridgehead atoms. The second kappa shape index (κ2) is 5.13. The first-order valence-corrected chi connectivity index (χ1v) is 8.85. The standard InChI is InChI=1S/C13H19NO4S2/c1-8-7-19-10(12(15)16)11(8)20(17,18)14-9-5-4-6-13(9,2)3/h7,9,14H,4-6H2,1-3H3,(H,15,16). The van der Waals surface area contributed by atoms with E-state index in [0.29, 0.717) is 5.56 Å². The van der Waals surface area contributed by atoms with Crippen molar-refractivity contribution < 1.29 is 18.3 Å². The van der Waals surface area contributed by atoms with Crippen LogP contribution >= 0.6 is 11.3 Å². The van der Waals surface area contributed by atoms with E-state index in [4.69, 9.17) is 5.11 Å². The largest absolute Gasteiger partial charge is 0.477 e. The van der Waals surface area contributed by atoms with Gasteiger partial charge in [-0.25, -0.2) is 17.9 Å². The monoisotopic (exact) mass is 317 g/mol. The third kappa shape index (κ3) is 2.75. The summed E-state index contributed by atoms with van der Waals surface area (Å²) in [6.45, 7) is 5.69. The first-order chi connectivity index (χ1) is 9.15. The Morgan fingerprint density at radius 3 is 2.65 bits per heavy atom. The molecular weight excluding hydrogens is 298 g/mol. The molecule has 0 aromatic carbocycles. The van der Waals surface area contributed by atoms with Crippen LogP contribution in [0.25, 0.3) is 0 Å². The van der Waals surface area contributed by atoms with Crippen molar-refractivity contribution in [2.75, 3.05) is 0 Å². The van der Waals surface area contributed by atoms with E-state index < -0.39 is 16.0 Å². The Kier molecular flexibility index (Phi) is 3.96. The fraction of sp³-hybridized carbons (Fsp3) is 0.615. The zero-order valence-corrected chi connectivity index (χ0v) is 13.4. The van der Waals surface area contributed by atoms with E-state index in [1.807, 2.05) is 13.8 Å². The smallest absolute Gasteiger partial charge is 0.347 e. The predicted molar refractivity (Wildman–Crippen MR) is 77.8 cm³/mol. The summed E-state index contributed by atoms with van der Waals surface area (Å²) in [5, 5.41) is 10.7. The number of hydrogen-bond donors (Lipinski definition) is 2. The Labute approximate surface area is 123 Å². The van der Waals surface area contributed by atoms with Crippen molar-refractivity contribution >= 4 is 27.3 Å². The normalized spacial score (nSPS) is 22.1. The molecule has 0 radical (unpaired) electrons. The topological polar surface area (TPSA) is 83.5 Å². The first kappa shape index (κ1) is 15.5. The van der Waals surface area contributed by atoms with Crippen LogP contribution in [-0.2, 0) is 10.0 Å². The zero-order chi connectivity index (χ0) is 15.1. The lowest BCUT2D eigenvalue weighted by molar-refractivity contribution is 0.0698. The Balaban J connectivity index is 2.37. The van der Waals surface area contributed by atoms with E-state index in [-0.39, 0.29) is 21.2 Å². The average Bonchev–Trinajstić information content (AvgIpc) is 2.83. The molecule has 0 amide bonds. The zero-order valence-electron chi connectivity index (χ0n) is 11.8. The molecule has 5 nitrogen and oxygen atoms in total. The van der Waals surface area contributed by atoms with Gasteiger partial charge in [-0.05, 0) is 36.1 Å². The number of aromatic carboxylic acids is 1. The summed E-state index contributed by atoms with van der Waals surface area (Å²) in [7, 11) is -3.80. The molecule has 2 rings (SSSR count). The van der Waals surface area contributed by atoms with Gasteiger partial charge in [-0.15, -0.1) is 11.3 Å². The van der Waals surface area contributed by atoms with Crippen molar-refractivity contribution in [2.45, 2.75) is 51.0 Å². The van der Waals surface area contributed by atoms with E-state index in [2.05, 4.69) is 4.72 Å². The minimum absolute atomic E-state index is 0.0855. The van der Waals surface area contributed by atoms with Crippen LogP contribution in [0.4, 0.5) is 0 Å². The third-order valence-electron chi connectivity index (χ3n) is 3.94. The number of rotatable bonds is 4. The number of carbonyl (C=O) groups is 1. The van der Waals surface area contributed by atoms with Crippen molar-refractivity contribution in [3.8, 4) is 0 Å². The molecular formula is C13H19NO4S2. The maximum Gasteiger partial charge on any atom is 0.347 e. The van der Waals surface area contributed by atoms with Crippen LogP contribution < -0.4 is 4.72 Å². The van der Waals surface area contributed by atoms with Gasteiger partial charge in [-0.1, -0.05) is 20.3 Å². The summed E-state index contributed by atoms with van der Waals surface area (Å²) < 4.78 is 27.7. The van der Waals surface area contributed by atoms with Crippen LogP contribution in [0, 0.1) is 12.3 Å². The second-order valence-corrected chi connectivity index (χ2v) is 8.47. The lowest BCUT2D eigenvalue weighted by Gasteiger charge is -2.27. The number of aryl methyl sites for hydroxylation is 1. The van der Waals surface area contributed by atoms with Gasteiger partial charge in [0, 0.05) is 6.04 Å². The van der Waals surface area contributed by atoms with Crippen LogP contribution in [-0.4, -0.2) is 25.5 Å². The number of carboxylic acids is 1. The molecule has 1 aromatic heterocycles. The summed E-state index contributed by atoms with van der Waals surface area (Å²) in [5.41, 5.74) is 0.385. The fourth-order valence-corrected chi connectivity index (χ4v) is 5.78. The summed E-state index contributed by atoms with van der Waals surface area (Å²) >= 11 is 0.950. The van der Waals surface area contributed by atoms with Crippen LogP contribution in [0.3, 0.4) is 0 Å². The highest BCUT2D eigenvalue weighted by Crippen LogP contribution is 2.38. The summed E-state index contributed by atoms with van der Waals surface area (Å²) in [4.78, 5) is 11.0. The Bertz CT molecular complexity index is 631. The van der Waals surface area contributed by atoms with Crippen molar-refractivity contribution in [1.82, 2.24) is 4.72 Å². The molecule has 0 aliphatic heterocycles. The van der Waals surface area contributed by atoms with Crippen LogP contribution in [0.1, 0.15) is 48.3 Å². The van der Waals surface area contributed by atoms with Gasteiger partial charge in [-0.2, -0.15) is 0 Å². The van der Waals surface area contributed by atoms with Crippen molar-refractivity contribution in [3.63, 3.8) is 0 Å². The molecule has 2 N–H and O–H groups in total. The molecule has 112 valence electrons. The van der Waals surface area contributed by atoms with Crippen LogP contribution in [0.2, 0.25) is 0 Å². The molecule has 1 unspecified atom stereocenters. The maximum absolute atomic E-state index is 12.5. The third-order valence-corrected chi connectivity index (χ3v) is 6.81. The number of thiophene rings is 1. The summed E-state index contributed by atoms with van der Waals surface area (Å²) in [6.07, 6.45) is 2.74. The van der Waals surface area contributed by atoms with Gasteiger partial charge in [0.05, 0.1) is 0 Å². The molecule has 20 heavy (non-hydrogen) atoms. The van der Waals surface area contributed by atoms with E-state index in [9.17, 15) is 13.2 Å². The Hall–Kier alpha value is -0.920. The van der Waals surface area contributed by atoms with E-state index in [1.54, 1.807) is 12.3 Å². The van der Waals surface area contributed by atoms with E-state index in [0.717, 1.165) is 30.6 Å². The quantitative estimate of drug-likeness (QED) is 0.894. The van der Waals surface area contributed by atoms with Gasteiger partial charge < -0.3 is 5.11 Å². The molecule has 1 saturated carbocycles. The predicted octanol–water partition coefficient (Wildman–Crippen LogP) is 2.61. The van der Waals surface area contributed by atoms with Gasteiger partial charge in [0.25, 0.3) is 0 Å². The van der Waals surface area contributed by atoms with Gasteiger partial charge in [0.15, 0.2) is 0 Å². The number of nitrogens with one attached hydrogen (secondary N) is 1. The molecule has 7 heteroatoms. The summed E-state index contributed by atoms with van der Waals surface area (Å²) in [6, 6.07) is -0.145. The van der Waals surface area contributed by atoms with Gasteiger partial charge in [-0.3, -0.25) is 0 Å². The molecule has 0 saturated heterocycles. The highest BCUT2D eigenvalue weighted by Gasteiger charge is 2.38. The molecule has 1 aromatic rings. The van der Waals surface area contributed by atoms with E-state index >= 15 is 0 Å². The molecule has 1 heterocycles. The van der Waals surface area contributed by atoms with E-state index in [1.165, 1.54) is 0 Å². The van der Waals surface area contributed by atoms with Gasteiger partial charge in [0.1, 0.15) is 9.77 Å². The average molecular weight is 317 g/mol. The minimum Gasteiger partial charge on any atom is -0.477 e. The Morgan fingerprint density at radius 2 is 2.15 bits per heavy atom.